The number of amides is 1. The number of allylic oxidation sites excluding steroid dienone is 1. The summed E-state index contributed by atoms with van der Waals surface area (Å²) in [6.07, 6.45) is 8.56. The second kappa shape index (κ2) is 73.5. The van der Waals surface area contributed by atoms with E-state index in [1.165, 1.54) is 29.7 Å². The number of likely N-dealkylation sites (tertiary alicyclic amines) is 1. The molecule has 0 aliphatic carbocycles. The number of piperidine rings is 2. The normalized spacial score (nSPS) is 15.2. The maximum atomic E-state index is 12.3. The highest BCUT2D eigenvalue weighted by atomic mass is 35.5. The van der Waals surface area contributed by atoms with Crippen molar-refractivity contribution in [1.29, 1.82) is 0 Å². The molecule has 9 aromatic carbocycles. The minimum Gasteiger partial charge on any atom is -0.873 e. The molecule has 7 N–H and O–H groups in total. The number of alkyl halides is 1. The van der Waals surface area contributed by atoms with Crippen molar-refractivity contribution in [2.75, 3.05) is 59.2 Å². The van der Waals surface area contributed by atoms with Crippen molar-refractivity contribution in [3.05, 3.63) is 334 Å². The van der Waals surface area contributed by atoms with Gasteiger partial charge in [0, 0.05) is 39.5 Å². The van der Waals surface area contributed by atoms with Crippen LogP contribution >= 0.6 is 24.0 Å². The van der Waals surface area contributed by atoms with Crippen LogP contribution in [0.2, 0.25) is 0 Å². The third kappa shape index (κ3) is 53.5. The number of nitrogens with one attached hydrogen (secondary N) is 5. The van der Waals surface area contributed by atoms with E-state index in [0.717, 1.165) is 75.0 Å². The van der Waals surface area contributed by atoms with Crippen LogP contribution in [0, 0.1) is 0 Å². The second-order valence-electron chi connectivity index (χ2n) is 30.5. The van der Waals surface area contributed by atoms with Crippen molar-refractivity contribution in [3.8, 4) is 0 Å². The molecule has 31 heteroatoms. The van der Waals surface area contributed by atoms with Crippen LogP contribution in [0.1, 0.15) is 158 Å². The first-order valence-electron chi connectivity index (χ1n) is 43.4. The minimum atomic E-state index is -2.21. The first-order valence-corrected chi connectivity index (χ1v) is 46.3. The van der Waals surface area contributed by atoms with Gasteiger partial charge in [-0.2, -0.15) is 5.48 Å². The molecule has 742 valence electrons. The van der Waals surface area contributed by atoms with E-state index in [0.29, 0.717) is 104 Å². The zero-order valence-electron chi connectivity index (χ0n) is 76.2. The maximum absolute atomic E-state index is 12.3. The van der Waals surface area contributed by atoms with Crippen molar-refractivity contribution < 1.29 is 90.6 Å². The summed E-state index contributed by atoms with van der Waals surface area (Å²) in [6, 6.07) is 85.7. The molecule has 3 heterocycles. The number of esters is 6. The van der Waals surface area contributed by atoms with Crippen molar-refractivity contribution >= 4 is 87.1 Å². The van der Waals surface area contributed by atoms with Crippen LogP contribution in [0.5, 0.6) is 0 Å². The van der Waals surface area contributed by atoms with E-state index in [9.17, 15) is 42.9 Å². The summed E-state index contributed by atoms with van der Waals surface area (Å²) in [5, 5.41) is 33.4. The summed E-state index contributed by atoms with van der Waals surface area (Å²) in [5.74, 6) is 3.29. The highest BCUT2D eigenvalue weighted by Crippen LogP contribution is 2.20. The van der Waals surface area contributed by atoms with Crippen LogP contribution in [-0.4, -0.2) is 154 Å². The summed E-state index contributed by atoms with van der Waals surface area (Å²) in [6.45, 7) is 8.07. The topological polar surface area (TPSA) is 366 Å². The summed E-state index contributed by atoms with van der Waals surface area (Å²) in [7, 11) is 2.82. The average Bonchev–Trinajstić information content (AvgIpc) is 1.74. The maximum Gasteiger partial charge on any atom is 0.329 e. The Labute approximate surface area is 817 Å². The molecule has 0 saturated carbocycles. The minimum absolute atomic E-state index is 0. The molecular weight excluding hydrogens is 1790 g/mol. The predicted molar refractivity (Wildman–Crippen MR) is 539 cm³/mol. The molecule has 3 aliphatic rings. The van der Waals surface area contributed by atoms with Gasteiger partial charge >= 0.3 is 35.8 Å². The smallest absolute Gasteiger partial charge is 0.329 e. The molecule has 1 amide bonds. The molecule has 0 bridgehead atoms. The summed E-state index contributed by atoms with van der Waals surface area (Å²) < 4.78 is 42.5. The second-order valence-corrected chi connectivity index (χ2v) is 33.6. The fraction of sp³-hybridized carbons (Fsp3) is 0.381. The number of hydrogen-bond donors (Lipinski definition) is 6. The number of carbonyl (C=O) groups is 7. The zero-order chi connectivity index (χ0) is 94.3. The highest BCUT2D eigenvalue weighted by molar-refractivity contribution is 8.04. The van der Waals surface area contributed by atoms with Crippen LogP contribution in [0.25, 0.3) is 0 Å². The van der Waals surface area contributed by atoms with Gasteiger partial charge in [0.05, 0.1) is 37.1 Å². The number of hydrogen-bond acceptors (Lipinski definition) is 27. The number of rotatable bonds is 38. The zero-order valence-corrected chi connectivity index (χ0v) is 78.5. The van der Waals surface area contributed by atoms with Crippen LogP contribution in [0.4, 0.5) is 0 Å². The molecule has 3 aliphatic heterocycles. The van der Waals surface area contributed by atoms with Crippen LogP contribution in [0.15, 0.2) is 294 Å². The molecule has 3 saturated heterocycles. The summed E-state index contributed by atoms with van der Waals surface area (Å²) >= 11 is 5.95. The van der Waals surface area contributed by atoms with Gasteiger partial charge in [-0.1, -0.05) is 319 Å². The third-order valence-electron chi connectivity index (χ3n) is 19.7. The quantitative estimate of drug-likeness (QED) is 0.00398. The Morgan fingerprint density at radius 1 is 0.493 bits per heavy atom. The van der Waals surface area contributed by atoms with Crippen LogP contribution < -0.4 is 37.8 Å². The Morgan fingerprint density at radius 3 is 1.18 bits per heavy atom. The van der Waals surface area contributed by atoms with Gasteiger partial charge in [-0.05, 0) is 129 Å². The van der Waals surface area contributed by atoms with Crippen molar-refractivity contribution in [2.24, 2.45) is 16.2 Å². The molecule has 0 radical (unpaired) electrons. The Kier molecular flexibility index (Phi) is 66.0. The molecule has 136 heavy (non-hydrogen) atoms. The molecule has 28 nitrogen and oxygen atoms in total. The number of benzene rings is 9. The fourth-order valence-electron chi connectivity index (χ4n) is 12.5. The van der Waals surface area contributed by atoms with Gasteiger partial charge in [0.2, 0.25) is 5.91 Å². The number of ether oxygens (including phenoxy) is 6. The van der Waals surface area contributed by atoms with E-state index in [4.69, 9.17) is 55.7 Å². The molecule has 0 spiro atoms. The lowest BCUT2D eigenvalue weighted by Crippen LogP contribution is -2.51. The SMILES string of the molecule is C.C.C.C.CCOC(C)=O.CN1C(=O)CC[C@H]1C(=O)OCc1ccccc1.CN[C@@H](CC/C([O-])=C/[S+](C)(C)=O)C(=O)OCc1ccccc1.CN[C@@H](CCC(CCl)=NOCc1ccccc1)C(=O)OCc1ccccc1.Cl.NOCc1ccccc1.O=C(OCc1ccccc1)[C@@H]1CCC(=NOCc2ccccc2)CN1.O=C(OCc1ccccc1)[C@@H]1CC[C@@H](NOCc2ccccc2)CN1. The number of halogens is 2. The Bertz CT molecular complexity index is 4820. The number of hydroxylamine groups is 1. The number of nitrogens with two attached hydrogens (primary N) is 1. The molecular formula is C105H143Cl2N9O19S. The standard InChI is InChI=1S/C21H25ClN2O3.C20H24N2O3.C20H22N2O3.C16H23NO4S.C13H15NO3.C7H9NO.C4H8O2.4CH4.ClH/c1-23-20(21(25)26-15-17-8-4-2-5-9-17)13-12-19(14-22)24-27-16-18-10-6-3-7-11-18;2*23-20(24-14-16-7-3-1-4-8-16)19-12-11-18(13-21-19)22-25-15-17-9-5-2-6-10-17;1-17-15(10-9-14(18)12-22(2,3)20)16(19)21-11-13-7-5-4-6-8-13;1-14-11(7-8-12(14)15)13(16)17-9-10-5-3-2-4-6-10;8-9-6-7-4-2-1-3-5-7;1-3-6-4(2)5;;;;;/h2-11,20,23H,12-16H2,1H3;1-10,18-19,21-22H,11-15H2;1-10,19,21H,11-15H2;4-8,12,15,17H,9-11H2,1-3H3;2-6,11H,7-9H2,1H3;1-5H,6,8H2;3H2,1-2H3;4*1H4;1H/t20-;18-,19+;19-;15-;11-;;;;;;;/m01000......./s1. The van der Waals surface area contributed by atoms with Gasteiger partial charge in [-0.25, -0.2) is 10.7 Å². The molecule has 6 atom stereocenters. The number of oxime groups is 2. The lowest BCUT2D eigenvalue weighted by atomic mass is 10.0. The lowest BCUT2D eigenvalue weighted by Gasteiger charge is -2.28. The molecule has 0 aromatic heterocycles. The molecule has 12 rings (SSSR count). The van der Waals surface area contributed by atoms with E-state index in [-0.39, 0.29) is 134 Å². The van der Waals surface area contributed by atoms with Gasteiger partial charge < -0.3 is 64.1 Å². The monoisotopic (exact) mass is 1940 g/mol. The predicted octanol–water partition coefficient (Wildman–Crippen LogP) is 16.6. The first kappa shape index (κ1) is 122. The van der Waals surface area contributed by atoms with E-state index in [1.807, 2.05) is 273 Å². The molecule has 9 aromatic rings. The fourth-order valence-corrected chi connectivity index (χ4v) is 13.4. The van der Waals surface area contributed by atoms with Crippen molar-refractivity contribution in [2.45, 2.75) is 203 Å². The van der Waals surface area contributed by atoms with E-state index < -0.39 is 34.0 Å². The Hall–Kier alpha value is -11.8. The van der Waals surface area contributed by atoms with Crippen molar-refractivity contribution in [1.82, 2.24) is 31.6 Å². The van der Waals surface area contributed by atoms with E-state index >= 15 is 0 Å². The summed E-state index contributed by atoms with van der Waals surface area (Å²) in [5.41, 5.74) is 13.8. The highest BCUT2D eigenvalue weighted by Gasteiger charge is 2.35. The van der Waals surface area contributed by atoms with Gasteiger partial charge in [-0.3, -0.25) is 43.8 Å². The third-order valence-corrected chi connectivity index (χ3v) is 20.8. The summed E-state index contributed by atoms with van der Waals surface area (Å²) in [4.78, 5) is 104. The van der Waals surface area contributed by atoms with Crippen LogP contribution in [-0.2, 0) is 155 Å². The number of nitrogens with zero attached hydrogens (tertiary/aromatic N) is 3. The van der Waals surface area contributed by atoms with Gasteiger partial charge in [0.25, 0.3) is 0 Å². The lowest BCUT2D eigenvalue weighted by molar-refractivity contribution is -0.306. The largest absolute Gasteiger partial charge is 0.873 e. The molecule has 0 unspecified atom stereocenters. The molecule has 3 fully saturated rings. The Balaban J connectivity index is 0.000000814. The number of likely N-dealkylation sites (N-methyl/N-ethyl adjacent to an activating group) is 3. The first-order chi connectivity index (χ1) is 63.5. The average molecular weight is 1940 g/mol. The van der Waals surface area contributed by atoms with E-state index in [2.05, 4.69) is 46.6 Å². The van der Waals surface area contributed by atoms with Gasteiger partial charge in [0.15, 0.2) is 0 Å². The van der Waals surface area contributed by atoms with E-state index in [1.54, 1.807) is 28.1 Å². The van der Waals surface area contributed by atoms with Gasteiger partial charge in [-0.15, -0.1) is 28.2 Å². The van der Waals surface area contributed by atoms with Gasteiger partial charge in [0.1, 0.15) is 104 Å². The van der Waals surface area contributed by atoms with Crippen LogP contribution in [0.3, 0.4) is 0 Å². The number of carbonyl (C=O) groups excluding carboxylic acids is 7. The van der Waals surface area contributed by atoms with Crippen molar-refractivity contribution in [3.63, 3.8) is 0 Å². The Morgan fingerprint density at radius 2 is 0.853 bits per heavy atom.